The first-order valence-electron chi connectivity index (χ1n) is 5.47. The van der Waals surface area contributed by atoms with Crippen LogP contribution < -0.4 is 5.01 Å². The fourth-order valence-corrected chi connectivity index (χ4v) is 1.85. The fourth-order valence-electron chi connectivity index (χ4n) is 1.85. The molecule has 5 nitrogen and oxygen atoms in total. The van der Waals surface area contributed by atoms with E-state index in [2.05, 4.69) is 4.74 Å². The number of methoxy groups -OCH3 is 1. The number of rotatable bonds is 1. The Balaban J connectivity index is 2.30. The van der Waals surface area contributed by atoms with Gasteiger partial charge in [-0.25, -0.2) is 4.79 Å². The smallest absolute Gasteiger partial charge is 0.435 e. The minimum absolute atomic E-state index is 0.230. The number of para-hydroxylation sites is 1. The van der Waals surface area contributed by atoms with Crippen LogP contribution in [0.1, 0.15) is 12.8 Å². The highest BCUT2D eigenvalue weighted by atomic mass is 16.5. The Morgan fingerprint density at radius 2 is 2.00 bits per heavy atom. The summed E-state index contributed by atoms with van der Waals surface area (Å²) in [5.41, 5.74) is 0.811. The lowest BCUT2D eigenvalue weighted by molar-refractivity contribution is -0.131. The Kier molecular flexibility index (Phi) is 3.27. The van der Waals surface area contributed by atoms with Crippen molar-refractivity contribution in [1.82, 2.24) is 5.01 Å². The van der Waals surface area contributed by atoms with E-state index in [1.54, 1.807) is 5.01 Å². The molecule has 17 heavy (non-hydrogen) atoms. The van der Waals surface area contributed by atoms with E-state index in [-0.39, 0.29) is 5.91 Å². The lowest BCUT2D eigenvalue weighted by atomic mass is 10.2. The maximum absolute atomic E-state index is 11.8. The molecule has 1 saturated heterocycles. The molecule has 0 atom stereocenters. The third-order valence-corrected chi connectivity index (χ3v) is 2.64. The molecule has 0 unspecified atom stereocenters. The molecule has 0 aliphatic carbocycles. The molecular formula is C12H14N2O3. The van der Waals surface area contributed by atoms with Crippen molar-refractivity contribution in [1.29, 1.82) is 0 Å². The van der Waals surface area contributed by atoms with Crippen molar-refractivity contribution in [2.45, 2.75) is 12.8 Å². The molecule has 1 aromatic carbocycles. The number of imide groups is 1. The second kappa shape index (κ2) is 4.86. The standard InChI is InChI=1S/C12H14N2O3/c1-17-12(16)14-11(15)8-5-9-13(14)10-6-3-2-4-7-10/h2-4,6-7H,5,8-9H2,1H3. The van der Waals surface area contributed by atoms with Gasteiger partial charge in [-0.3, -0.25) is 9.80 Å². The molecule has 0 saturated carbocycles. The number of benzene rings is 1. The van der Waals surface area contributed by atoms with E-state index in [1.807, 2.05) is 30.3 Å². The summed E-state index contributed by atoms with van der Waals surface area (Å²) in [5.74, 6) is -0.230. The van der Waals surface area contributed by atoms with E-state index in [1.165, 1.54) is 7.11 Å². The van der Waals surface area contributed by atoms with Crippen LogP contribution in [0.5, 0.6) is 0 Å². The molecule has 0 radical (unpaired) electrons. The highest BCUT2D eigenvalue weighted by Crippen LogP contribution is 2.22. The topological polar surface area (TPSA) is 49.9 Å². The molecule has 0 bridgehead atoms. The zero-order valence-corrected chi connectivity index (χ0v) is 9.63. The summed E-state index contributed by atoms with van der Waals surface area (Å²) < 4.78 is 4.64. The third-order valence-electron chi connectivity index (χ3n) is 2.64. The highest BCUT2D eigenvalue weighted by molar-refractivity contribution is 5.94. The maximum Gasteiger partial charge on any atom is 0.435 e. The van der Waals surface area contributed by atoms with Crippen LogP contribution in [0.15, 0.2) is 30.3 Å². The second-order valence-electron chi connectivity index (χ2n) is 3.74. The van der Waals surface area contributed by atoms with Crippen molar-refractivity contribution in [2.75, 3.05) is 18.7 Å². The SMILES string of the molecule is COC(=O)N1C(=O)CCCN1c1ccccc1. The number of amides is 2. The van der Waals surface area contributed by atoms with E-state index >= 15 is 0 Å². The van der Waals surface area contributed by atoms with Crippen LogP contribution in [-0.4, -0.2) is 30.7 Å². The van der Waals surface area contributed by atoms with Gasteiger partial charge < -0.3 is 4.74 Å². The summed E-state index contributed by atoms with van der Waals surface area (Å²) in [6, 6.07) is 9.33. The van der Waals surface area contributed by atoms with Crippen LogP contribution >= 0.6 is 0 Å². The van der Waals surface area contributed by atoms with Crippen LogP contribution in [0.25, 0.3) is 0 Å². The van der Waals surface area contributed by atoms with Gasteiger partial charge in [0.15, 0.2) is 0 Å². The van der Waals surface area contributed by atoms with E-state index in [4.69, 9.17) is 0 Å². The summed E-state index contributed by atoms with van der Waals surface area (Å²) in [7, 11) is 1.27. The number of carbonyl (C=O) groups excluding carboxylic acids is 2. The molecule has 1 aliphatic rings. The summed E-state index contributed by atoms with van der Waals surface area (Å²) in [6.45, 7) is 0.630. The number of anilines is 1. The zero-order valence-electron chi connectivity index (χ0n) is 9.63. The second-order valence-corrected chi connectivity index (χ2v) is 3.74. The largest absolute Gasteiger partial charge is 0.451 e. The number of carbonyl (C=O) groups is 2. The molecule has 2 rings (SSSR count). The van der Waals surface area contributed by atoms with Crippen LogP contribution in [0.3, 0.4) is 0 Å². The summed E-state index contributed by atoms with van der Waals surface area (Å²) in [4.78, 5) is 23.4. The monoisotopic (exact) mass is 234 g/mol. The van der Waals surface area contributed by atoms with Gasteiger partial charge in [-0.05, 0) is 18.6 Å². The number of hydrogen-bond acceptors (Lipinski definition) is 4. The molecule has 1 aromatic rings. The van der Waals surface area contributed by atoms with Crippen molar-refractivity contribution >= 4 is 17.7 Å². The van der Waals surface area contributed by atoms with Crippen LogP contribution in [-0.2, 0) is 9.53 Å². The quantitative estimate of drug-likeness (QED) is 0.743. The van der Waals surface area contributed by atoms with E-state index in [0.29, 0.717) is 13.0 Å². The van der Waals surface area contributed by atoms with Gasteiger partial charge in [0.1, 0.15) is 0 Å². The van der Waals surface area contributed by atoms with Crippen molar-refractivity contribution < 1.29 is 14.3 Å². The molecule has 0 spiro atoms. The van der Waals surface area contributed by atoms with Crippen LogP contribution in [0.4, 0.5) is 10.5 Å². The van der Waals surface area contributed by atoms with Gasteiger partial charge >= 0.3 is 6.09 Å². The minimum Gasteiger partial charge on any atom is -0.451 e. The first kappa shape index (κ1) is 11.4. The molecule has 0 aromatic heterocycles. The summed E-state index contributed by atoms with van der Waals surface area (Å²) >= 11 is 0. The van der Waals surface area contributed by atoms with Gasteiger partial charge in [-0.2, -0.15) is 5.01 Å². The summed E-state index contributed by atoms with van der Waals surface area (Å²) in [6.07, 6.45) is 0.471. The highest BCUT2D eigenvalue weighted by Gasteiger charge is 2.32. The summed E-state index contributed by atoms with van der Waals surface area (Å²) in [5, 5.41) is 2.72. The normalized spacial score (nSPS) is 15.9. The Hall–Kier alpha value is -2.04. The van der Waals surface area contributed by atoms with E-state index < -0.39 is 6.09 Å². The van der Waals surface area contributed by atoms with Gasteiger partial charge in [0.25, 0.3) is 5.91 Å². The lowest BCUT2D eigenvalue weighted by Gasteiger charge is -2.37. The first-order chi connectivity index (χ1) is 8.24. The Labute approximate surface area is 99.5 Å². The van der Waals surface area contributed by atoms with Crippen molar-refractivity contribution in [2.24, 2.45) is 0 Å². The Morgan fingerprint density at radius 1 is 1.29 bits per heavy atom. The predicted octanol–water partition coefficient (Wildman–Crippen LogP) is 1.80. The van der Waals surface area contributed by atoms with Crippen molar-refractivity contribution in [3.63, 3.8) is 0 Å². The maximum atomic E-state index is 11.8. The molecule has 0 N–H and O–H groups in total. The Morgan fingerprint density at radius 3 is 2.65 bits per heavy atom. The predicted molar refractivity (Wildman–Crippen MR) is 62.3 cm³/mol. The minimum atomic E-state index is -0.640. The van der Waals surface area contributed by atoms with Gasteiger partial charge in [-0.1, -0.05) is 18.2 Å². The molecule has 1 fully saturated rings. The van der Waals surface area contributed by atoms with Crippen molar-refractivity contribution in [3.8, 4) is 0 Å². The average Bonchev–Trinajstić information content (AvgIpc) is 2.38. The molecule has 2 amide bonds. The zero-order chi connectivity index (χ0) is 12.3. The number of hydrogen-bond donors (Lipinski definition) is 0. The molecular weight excluding hydrogens is 220 g/mol. The number of hydrazine groups is 1. The molecule has 90 valence electrons. The van der Waals surface area contributed by atoms with Gasteiger partial charge in [0.05, 0.1) is 12.8 Å². The average molecular weight is 234 g/mol. The van der Waals surface area contributed by atoms with Crippen LogP contribution in [0, 0.1) is 0 Å². The van der Waals surface area contributed by atoms with Gasteiger partial charge in [-0.15, -0.1) is 0 Å². The number of nitrogens with zero attached hydrogens (tertiary/aromatic N) is 2. The van der Waals surface area contributed by atoms with Crippen molar-refractivity contribution in [3.05, 3.63) is 30.3 Å². The third kappa shape index (κ3) is 2.22. The lowest BCUT2D eigenvalue weighted by Crippen LogP contribution is -2.53. The number of ether oxygens (including phenoxy) is 1. The molecule has 5 heteroatoms. The fraction of sp³-hybridized carbons (Fsp3) is 0.333. The van der Waals surface area contributed by atoms with Crippen LogP contribution in [0.2, 0.25) is 0 Å². The molecule has 1 aliphatic heterocycles. The first-order valence-corrected chi connectivity index (χ1v) is 5.47. The Bertz CT molecular complexity index is 411. The van der Waals surface area contributed by atoms with Gasteiger partial charge in [0, 0.05) is 13.0 Å². The van der Waals surface area contributed by atoms with Gasteiger partial charge in [0.2, 0.25) is 0 Å². The molecule has 1 heterocycles. The van der Waals surface area contributed by atoms with E-state index in [9.17, 15) is 9.59 Å². The van der Waals surface area contributed by atoms with E-state index in [0.717, 1.165) is 17.1 Å².